The molecule has 1 N–H and O–H groups in total. The number of nitrogens with zero attached hydrogens (tertiary/aromatic N) is 2. The second-order valence-corrected chi connectivity index (χ2v) is 8.98. The molecule has 0 saturated carbocycles. The van der Waals surface area contributed by atoms with Gasteiger partial charge in [-0.15, -0.1) is 0 Å². The van der Waals surface area contributed by atoms with E-state index in [1.54, 1.807) is 36.9 Å². The molecule has 0 bridgehead atoms. The molecule has 6 nitrogen and oxygen atoms in total. The smallest absolute Gasteiger partial charge is 0.295 e. The molecule has 2 aromatic carbocycles. The van der Waals surface area contributed by atoms with Crippen molar-refractivity contribution in [1.82, 2.24) is 9.13 Å². The van der Waals surface area contributed by atoms with E-state index in [4.69, 9.17) is 0 Å². The molecule has 1 aliphatic carbocycles. The molecule has 1 aromatic heterocycles. The molecular formula is C20H23N3O3S. The van der Waals surface area contributed by atoms with Gasteiger partial charge in [0.05, 0.1) is 21.6 Å². The van der Waals surface area contributed by atoms with Crippen LogP contribution in [-0.4, -0.2) is 17.6 Å². The fraction of sp³-hybridized carbons (Fsp3) is 0.350. The van der Waals surface area contributed by atoms with Crippen LogP contribution < -0.4 is 10.4 Å². The van der Waals surface area contributed by atoms with Crippen LogP contribution in [0.3, 0.4) is 0 Å². The van der Waals surface area contributed by atoms with Crippen molar-refractivity contribution in [2.45, 2.75) is 37.5 Å². The van der Waals surface area contributed by atoms with Gasteiger partial charge in [0.25, 0.3) is 10.0 Å². The first kappa shape index (κ1) is 17.9. The molecule has 4 rings (SSSR count). The minimum Gasteiger partial charge on any atom is -0.295 e. The van der Waals surface area contributed by atoms with Gasteiger partial charge in [-0.05, 0) is 73.6 Å². The van der Waals surface area contributed by atoms with Crippen LogP contribution >= 0.6 is 0 Å². The van der Waals surface area contributed by atoms with Crippen molar-refractivity contribution in [1.29, 1.82) is 0 Å². The van der Waals surface area contributed by atoms with Crippen LogP contribution in [0.1, 0.15) is 29.5 Å². The van der Waals surface area contributed by atoms with E-state index in [2.05, 4.69) is 4.72 Å². The van der Waals surface area contributed by atoms with Gasteiger partial charge in [-0.3, -0.25) is 13.9 Å². The number of rotatable bonds is 3. The Kier molecular flexibility index (Phi) is 4.14. The van der Waals surface area contributed by atoms with Gasteiger partial charge in [0, 0.05) is 14.1 Å². The molecule has 0 amide bonds. The lowest BCUT2D eigenvalue weighted by molar-refractivity contribution is 0.600. The molecular weight excluding hydrogens is 362 g/mol. The second kappa shape index (κ2) is 6.27. The van der Waals surface area contributed by atoms with E-state index in [1.807, 2.05) is 19.1 Å². The van der Waals surface area contributed by atoms with Crippen LogP contribution in [0.25, 0.3) is 11.0 Å². The molecule has 0 unspecified atom stereocenters. The van der Waals surface area contributed by atoms with Crippen molar-refractivity contribution >= 4 is 26.7 Å². The van der Waals surface area contributed by atoms with E-state index in [0.29, 0.717) is 11.2 Å². The normalized spacial score (nSPS) is 14.3. The summed E-state index contributed by atoms with van der Waals surface area (Å²) in [6, 6.07) is 8.96. The first-order chi connectivity index (χ1) is 12.8. The van der Waals surface area contributed by atoms with Gasteiger partial charge in [0.2, 0.25) is 0 Å². The highest BCUT2D eigenvalue weighted by molar-refractivity contribution is 7.92. The molecule has 3 aromatic rings. The Morgan fingerprint density at radius 1 is 0.926 bits per heavy atom. The van der Waals surface area contributed by atoms with Gasteiger partial charge in [0.1, 0.15) is 0 Å². The first-order valence-corrected chi connectivity index (χ1v) is 10.6. The molecule has 0 spiro atoms. The van der Waals surface area contributed by atoms with E-state index in [-0.39, 0.29) is 10.6 Å². The highest BCUT2D eigenvalue weighted by Crippen LogP contribution is 2.28. The van der Waals surface area contributed by atoms with Crippen LogP contribution in [0, 0.1) is 6.92 Å². The van der Waals surface area contributed by atoms with Crippen LogP contribution in [0.15, 0.2) is 40.0 Å². The molecule has 7 heteroatoms. The minimum absolute atomic E-state index is 0.140. The first-order valence-electron chi connectivity index (χ1n) is 9.08. The minimum atomic E-state index is -3.70. The number of aromatic nitrogens is 2. The van der Waals surface area contributed by atoms with Gasteiger partial charge in [0.15, 0.2) is 0 Å². The monoisotopic (exact) mass is 385 g/mol. The van der Waals surface area contributed by atoms with E-state index in [9.17, 15) is 13.2 Å². The Morgan fingerprint density at radius 3 is 2.26 bits per heavy atom. The summed E-state index contributed by atoms with van der Waals surface area (Å²) in [7, 11) is -0.307. The number of aryl methyl sites for hydroxylation is 5. The van der Waals surface area contributed by atoms with Crippen molar-refractivity contribution in [2.24, 2.45) is 14.1 Å². The fourth-order valence-corrected chi connectivity index (χ4v) is 5.01. The average molecular weight is 385 g/mol. The number of benzene rings is 2. The zero-order chi connectivity index (χ0) is 19.3. The van der Waals surface area contributed by atoms with Crippen molar-refractivity contribution in [2.75, 3.05) is 4.72 Å². The van der Waals surface area contributed by atoms with E-state index in [1.165, 1.54) is 10.1 Å². The Balaban J connectivity index is 1.76. The quantitative estimate of drug-likeness (QED) is 0.753. The third-order valence-electron chi connectivity index (χ3n) is 5.49. The summed E-state index contributed by atoms with van der Waals surface area (Å²) in [6.45, 7) is 1.83. The SMILES string of the molecule is Cc1cc2c(cc1NS(=O)(=O)c1ccc3c(c1)CCCC3)n(C)c(=O)n2C. The summed E-state index contributed by atoms with van der Waals surface area (Å²) < 4.78 is 31.7. The molecule has 0 atom stereocenters. The van der Waals surface area contributed by atoms with Gasteiger partial charge < -0.3 is 0 Å². The van der Waals surface area contributed by atoms with Crippen LogP contribution in [0.4, 0.5) is 5.69 Å². The van der Waals surface area contributed by atoms with E-state index in [0.717, 1.165) is 42.3 Å². The van der Waals surface area contributed by atoms with Gasteiger partial charge in [-0.1, -0.05) is 6.07 Å². The lowest BCUT2D eigenvalue weighted by Gasteiger charge is -2.17. The van der Waals surface area contributed by atoms with Crippen molar-refractivity contribution in [3.8, 4) is 0 Å². The van der Waals surface area contributed by atoms with Crippen molar-refractivity contribution < 1.29 is 8.42 Å². The van der Waals surface area contributed by atoms with Crippen molar-refractivity contribution in [3.05, 3.63) is 57.5 Å². The van der Waals surface area contributed by atoms with Crippen LogP contribution in [0.5, 0.6) is 0 Å². The largest absolute Gasteiger partial charge is 0.328 e. The van der Waals surface area contributed by atoms with Gasteiger partial charge >= 0.3 is 5.69 Å². The van der Waals surface area contributed by atoms with Gasteiger partial charge in [-0.2, -0.15) is 0 Å². The summed E-state index contributed by atoms with van der Waals surface area (Å²) in [4.78, 5) is 12.4. The topological polar surface area (TPSA) is 73.1 Å². The molecule has 0 saturated heterocycles. The fourth-order valence-electron chi connectivity index (χ4n) is 3.84. The summed E-state index contributed by atoms with van der Waals surface area (Å²) in [6.07, 6.45) is 4.20. The Labute approximate surface area is 158 Å². The molecule has 142 valence electrons. The third-order valence-corrected chi connectivity index (χ3v) is 6.86. The summed E-state index contributed by atoms with van der Waals surface area (Å²) >= 11 is 0. The Bertz CT molecular complexity index is 1220. The third kappa shape index (κ3) is 2.96. The number of sulfonamides is 1. The maximum Gasteiger partial charge on any atom is 0.328 e. The second-order valence-electron chi connectivity index (χ2n) is 7.30. The Hall–Kier alpha value is -2.54. The predicted octanol–water partition coefficient (Wildman–Crippen LogP) is 2.87. The maximum atomic E-state index is 12.9. The standard InChI is InChI=1S/C20H23N3O3S/c1-13-10-18-19(23(3)20(24)22(18)2)12-17(13)21-27(25,26)16-9-8-14-6-4-5-7-15(14)11-16/h8-12,21H,4-7H2,1-3H3. The highest BCUT2D eigenvalue weighted by Gasteiger charge is 2.20. The summed E-state index contributed by atoms with van der Waals surface area (Å²) in [5.41, 5.74) is 4.96. The number of fused-ring (bicyclic) bond motifs is 2. The number of nitrogens with one attached hydrogen (secondary N) is 1. The zero-order valence-corrected chi connectivity index (χ0v) is 16.6. The lowest BCUT2D eigenvalue weighted by atomic mass is 9.92. The van der Waals surface area contributed by atoms with Crippen LogP contribution in [0.2, 0.25) is 0 Å². The van der Waals surface area contributed by atoms with E-state index >= 15 is 0 Å². The number of imidazole rings is 1. The van der Waals surface area contributed by atoms with Gasteiger partial charge in [-0.25, -0.2) is 13.2 Å². The summed E-state index contributed by atoms with van der Waals surface area (Å²) in [5, 5.41) is 0. The van der Waals surface area contributed by atoms with Crippen LogP contribution in [-0.2, 0) is 37.0 Å². The zero-order valence-electron chi connectivity index (χ0n) is 15.7. The molecule has 1 heterocycles. The number of hydrogen-bond acceptors (Lipinski definition) is 3. The molecule has 27 heavy (non-hydrogen) atoms. The molecule has 0 radical (unpaired) electrons. The predicted molar refractivity (Wildman–Crippen MR) is 107 cm³/mol. The molecule has 0 fully saturated rings. The molecule has 1 aliphatic rings. The highest BCUT2D eigenvalue weighted by atomic mass is 32.2. The van der Waals surface area contributed by atoms with E-state index < -0.39 is 10.0 Å². The summed E-state index contributed by atoms with van der Waals surface area (Å²) in [5.74, 6) is 0. The molecule has 0 aliphatic heterocycles. The maximum absolute atomic E-state index is 12.9. The lowest BCUT2D eigenvalue weighted by Crippen LogP contribution is -2.19. The Morgan fingerprint density at radius 2 is 1.56 bits per heavy atom. The number of hydrogen-bond donors (Lipinski definition) is 1. The average Bonchev–Trinajstić information content (AvgIpc) is 2.85. The number of anilines is 1. The van der Waals surface area contributed by atoms with Crippen molar-refractivity contribution in [3.63, 3.8) is 0 Å².